The standard InChI is InChI=1S/C25H32N4O2/c1-20-6-4-9-22(18-20)24(30)28-12-5-13-29(17-16-28)25(31)26-11-15-27-14-10-21-7-2-3-8-23(21)19-27/h2-4,6-9,18H,5,10-17,19H2,1H3,(H,26,31). The molecule has 1 N–H and O–H groups in total. The molecule has 2 aromatic rings. The van der Waals surface area contributed by atoms with E-state index in [0.29, 0.717) is 32.7 Å². The molecule has 1 fully saturated rings. The molecule has 0 atom stereocenters. The van der Waals surface area contributed by atoms with Crippen molar-refractivity contribution in [2.24, 2.45) is 0 Å². The Morgan fingerprint density at radius 1 is 0.903 bits per heavy atom. The summed E-state index contributed by atoms with van der Waals surface area (Å²) >= 11 is 0. The highest BCUT2D eigenvalue weighted by molar-refractivity contribution is 5.94. The fourth-order valence-corrected chi connectivity index (χ4v) is 4.46. The number of fused-ring (bicyclic) bond motifs is 1. The van der Waals surface area contributed by atoms with Crippen molar-refractivity contribution in [1.82, 2.24) is 20.0 Å². The van der Waals surface area contributed by atoms with Gasteiger partial charge in [0.1, 0.15) is 0 Å². The van der Waals surface area contributed by atoms with Gasteiger partial charge in [-0.1, -0.05) is 42.0 Å². The molecule has 2 heterocycles. The van der Waals surface area contributed by atoms with Crippen molar-refractivity contribution in [2.45, 2.75) is 26.3 Å². The Morgan fingerprint density at radius 3 is 2.52 bits per heavy atom. The molecule has 164 valence electrons. The lowest BCUT2D eigenvalue weighted by Crippen LogP contribution is -2.45. The summed E-state index contributed by atoms with van der Waals surface area (Å²) in [5, 5.41) is 3.08. The first kappa shape index (κ1) is 21.4. The fourth-order valence-electron chi connectivity index (χ4n) is 4.46. The molecule has 0 aromatic heterocycles. The zero-order valence-corrected chi connectivity index (χ0v) is 18.3. The molecule has 2 aliphatic heterocycles. The summed E-state index contributed by atoms with van der Waals surface area (Å²) in [6.07, 6.45) is 1.87. The summed E-state index contributed by atoms with van der Waals surface area (Å²) < 4.78 is 0. The molecule has 2 aliphatic rings. The highest BCUT2D eigenvalue weighted by atomic mass is 16.2. The number of hydrogen-bond acceptors (Lipinski definition) is 3. The Morgan fingerprint density at radius 2 is 1.68 bits per heavy atom. The van der Waals surface area contributed by atoms with Crippen LogP contribution in [0.15, 0.2) is 48.5 Å². The quantitative estimate of drug-likeness (QED) is 0.828. The van der Waals surface area contributed by atoms with Crippen LogP contribution < -0.4 is 5.32 Å². The summed E-state index contributed by atoms with van der Waals surface area (Å²) in [6, 6.07) is 16.3. The molecular formula is C25H32N4O2. The van der Waals surface area contributed by atoms with E-state index in [4.69, 9.17) is 0 Å². The number of amides is 3. The first-order valence-corrected chi connectivity index (χ1v) is 11.3. The van der Waals surface area contributed by atoms with Crippen molar-refractivity contribution in [2.75, 3.05) is 45.8 Å². The number of urea groups is 1. The highest BCUT2D eigenvalue weighted by Gasteiger charge is 2.23. The van der Waals surface area contributed by atoms with Crippen molar-refractivity contribution in [3.63, 3.8) is 0 Å². The minimum atomic E-state index is -0.0257. The average molecular weight is 421 g/mol. The van der Waals surface area contributed by atoms with E-state index < -0.39 is 0 Å². The molecule has 0 radical (unpaired) electrons. The summed E-state index contributed by atoms with van der Waals surface area (Å²) in [7, 11) is 0. The third-order valence-electron chi connectivity index (χ3n) is 6.25. The number of carbonyl (C=O) groups is 2. The Kier molecular flexibility index (Phi) is 6.87. The van der Waals surface area contributed by atoms with Crippen LogP contribution in [0.4, 0.5) is 4.79 Å². The van der Waals surface area contributed by atoms with Crippen molar-refractivity contribution < 1.29 is 9.59 Å². The van der Waals surface area contributed by atoms with Gasteiger partial charge in [0.2, 0.25) is 0 Å². The van der Waals surface area contributed by atoms with Gasteiger partial charge >= 0.3 is 6.03 Å². The van der Waals surface area contributed by atoms with Crippen LogP contribution in [0.2, 0.25) is 0 Å². The maximum Gasteiger partial charge on any atom is 0.317 e. The molecule has 0 spiro atoms. The Labute approximate surface area is 184 Å². The normalized spacial score (nSPS) is 17.1. The summed E-state index contributed by atoms with van der Waals surface area (Å²) in [6.45, 7) is 7.98. The van der Waals surface area contributed by atoms with Gasteiger partial charge in [0.05, 0.1) is 0 Å². The van der Waals surface area contributed by atoms with Crippen LogP contribution >= 0.6 is 0 Å². The van der Waals surface area contributed by atoms with E-state index >= 15 is 0 Å². The van der Waals surface area contributed by atoms with Crippen LogP contribution in [-0.2, 0) is 13.0 Å². The zero-order valence-electron chi connectivity index (χ0n) is 18.3. The highest BCUT2D eigenvalue weighted by Crippen LogP contribution is 2.18. The van der Waals surface area contributed by atoms with E-state index in [-0.39, 0.29) is 11.9 Å². The van der Waals surface area contributed by atoms with E-state index in [1.54, 1.807) is 0 Å². The molecule has 0 unspecified atom stereocenters. The second-order valence-electron chi connectivity index (χ2n) is 8.53. The molecule has 0 aliphatic carbocycles. The number of rotatable bonds is 4. The van der Waals surface area contributed by atoms with Crippen molar-refractivity contribution in [3.05, 3.63) is 70.8 Å². The lowest BCUT2D eigenvalue weighted by molar-refractivity contribution is 0.0762. The lowest BCUT2D eigenvalue weighted by atomic mass is 10.00. The van der Waals surface area contributed by atoms with Gasteiger partial charge in [-0.05, 0) is 43.0 Å². The maximum absolute atomic E-state index is 12.8. The third-order valence-corrected chi connectivity index (χ3v) is 6.25. The molecule has 4 rings (SSSR count). The van der Waals surface area contributed by atoms with Crippen LogP contribution in [-0.4, -0.2) is 72.5 Å². The largest absolute Gasteiger partial charge is 0.337 e. The summed E-state index contributed by atoms with van der Waals surface area (Å²) in [5.74, 6) is 0.0522. The second kappa shape index (κ2) is 9.96. The molecule has 6 nitrogen and oxygen atoms in total. The molecule has 0 bridgehead atoms. The number of hydrogen-bond donors (Lipinski definition) is 1. The Hall–Kier alpha value is -2.86. The number of nitrogens with zero attached hydrogens (tertiary/aromatic N) is 3. The first-order valence-electron chi connectivity index (χ1n) is 11.3. The second-order valence-corrected chi connectivity index (χ2v) is 8.53. The van der Waals surface area contributed by atoms with Crippen molar-refractivity contribution in [3.8, 4) is 0 Å². The summed E-state index contributed by atoms with van der Waals surface area (Å²) in [4.78, 5) is 31.6. The maximum atomic E-state index is 12.8. The average Bonchev–Trinajstić information content (AvgIpc) is 3.05. The zero-order chi connectivity index (χ0) is 21.6. The van der Waals surface area contributed by atoms with Gasteiger partial charge in [-0.3, -0.25) is 9.69 Å². The molecule has 1 saturated heterocycles. The molecular weight excluding hydrogens is 388 g/mol. The number of nitrogens with one attached hydrogen (secondary N) is 1. The van der Waals surface area contributed by atoms with Crippen LogP contribution in [0.5, 0.6) is 0 Å². The van der Waals surface area contributed by atoms with E-state index in [0.717, 1.165) is 43.6 Å². The monoisotopic (exact) mass is 420 g/mol. The van der Waals surface area contributed by atoms with Gasteiger partial charge in [-0.25, -0.2) is 4.79 Å². The SMILES string of the molecule is Cc1cccc(C(=O)N2CCCN(C(=O)NCCN3CCc4ccccc4C3)CC2)c1. The lowest BCUT2D eigenvalue weighted by Gasteiger charge is -2.29. The Balaban J connectivity index is 1.22. The van der Waals surface area contributed by atoms with E-state index in [1.165, 1.54) is 11.1 Å². The number of aryl methyl sites for hydroxylation is 1. The van der Waals surface area contributed by atoms with Crippen LogP contribution in [0.3, 0.4) is 0 Å². The van der Waals surface area contributed by atoms with Crippen LogP contribution in [0.1, 0.15) is 33.5 Å². The van der Waals surface area contributed by atoms with Gasteiger partial charge in [-0.2, -0.15) is 0 Å². The molecule has 0 saturated carbocycles. The van der Waals surface area contributed by atoms with Crippen LogP contribution in [0, 0.1) is 6.92 Å². The molecule has 6 heteroatoms. The van der Waals surface area contributed by atoms with Crippen LogP contribution in [0.25, 0.3) is 0 Å². The number of benzene rings is 2. The fraction of sp³-hybridized carbons (Fsp3) is 0.440. The predicted molar refractivity (Wildman–Crippen MR) is 122 cm³/mol. The van der Waals surface area contributed by atoms with E-state index in [2.05, 4.69) is 34.5 Å². The van der Waals surface area contributed by atoms with E-state index in [1.807, 2.05) is 41.0 Å². The van der Waals surface area contributed by atoms with Gasteiger partial charge < -0.3 is 15.1 Å². The predicted octanol–water partition coefficient (Wildman–Crippen LogP) is 2.91. The number of carbonyl (C=O) groups excluding carboxylic acids is 2. The minimum Gasteiger partial charge on any atom is -0.337 e. The molecule has 2 aromatic carbocycles. The van der Waals surface area contributed by atoms with E-state index in [9.17, 15) is 9.59 Å². The molecule has 31 heavy (non-hydrogen) atoms. The minimum absolute atomic E-state index is 0.0257. The topological polar surface area (TPSA) is 55.9 Å². The van der Waals surface area contributed by atoms with Gasteiger partial charge in [0.25, 0.3) is 5.91 Å². The summed E-state index contributed by atoms with van der Waals surface area (Å²) in [5.41, 5.74) is 4.64. The first-order chi connectivity index (χ1) is 15.1. The smallest absolute Gasteiger partial charge is 0.317 e. The van der Waals surface area contributed by atoms with Gasteiger partial charge in [0.15, 0.2) is 0 Å². The molecule has 3 amide bonds. The van der Waals surface area contributed by atoms with Crippen molar-refractivity contribution >= 4 is 11.9 Å². The van der Waals surface area contributed by atoms with Gasteiger partial charge in [-0.15, -0.1) is 0 Å². The van der Waals surface area contributed by atoms with Gasteiger partial charge in [0, 0.05) is 57.9 Å². The third kappa shape index (κ3) is 5.44. The van der Waals surface area contributed by atoms with Crippen molar-refractivity contribution in [1.29, 1.82) is 0 Å². The Bertz CT molecular complexity index is 929.